The zero-order valence-electron chi connectivity index (χ0n) is 12.8. The molecule has 0 fully saturated rings. The van der Waals surface area contributed by atoms with E-state index in [1.165, 1.54) is 5.69 Å². The highest BCUT2D eigenvalue weighted by Crippen LogP contribution is 2.20. The summed E-state index contributed by atoms with van der Waals surface area (Å²) < 4.78 is 6.32. The third-order valence-electron chi connectivity index (χ3n) is 3.64. The van der Waals surface area contributed by atoms with Crippen LogP contribution in [0.15, 0.2) is 18.6 Å². The molecule has 0 aliphatic rings. The van der Waals surface area contributed by atoms with Crippen LogP contribution in [-0.2, 0) is 26.1 Å². The minimum Gasteiger partial charge on any atom is -0.252 e. The first-order chi connectivity index (χ1) is 8.83. The molecule has 2 rings (SSSR count). The van der Waals surface area contributed by atoms with Gasteiger partial charge in [0.05, 0.1) is 18.2 Å². The molecule has 0 amide bonds. The molecular weight excluding hydrogens is 238 g/mol. The Labute approximate surface area is 114 Å². The Kier molecular flexibility index (Phi) is 3.47. The second kappa shape index (κ2) is 4.79. The minimum atomic E-state index is -0.0592. The molecule has 2 heterocycles. The molecule has 0 N–H and O–H groups in total. The van der Waals surface area contributed by atoms with Crippen molar-refractivity contribution in [3.05, 3.63) is 30.1 Å². The van der Waals surface area contributed by atoms with Gasteiger partial charge in [-0.25, -0.2) is 4.98 Å². The molecule has 0 atom stereocenters. The van der Waals surface area contributed by atoms with Crippen LogP contribution in [0.4, 0.5) is 0 Å². The van der Waals surface area contributed by atoms with E-state index >= 15 is 0 Å². The Bertz CT molecular complexity index is 562. The lowest BCUT2D eigenvalue weighted by molar-refractivity contribution is -0.780. The van der Waals surface area contributed by atoms with E-state index in [1.54, 1.807) is 6.33 Å². The third kappa shape index (κ3) is 2.55. The Morgan fingerprint density at radius 3 is 2.47 bits per heavy atom. The summed E-state index contributed by atoms with van der Waals surface area (Å²) >= 11 is 0. The zero-order valence-corrected chi connectivity index (χ0v) is 12.8. The monoisotopic (exact) mass is 262 g/mol. The predicted molar refractivity (Wildman–Crippen MR) is 73.7 cm³/mol. The fourth-order valence-electron chi connectivity index (χ4n) is 2.63. The van der Waals surface area contributed by atoms with E-state index in [1.807, 2.05) is 11.7 Å². The molecule has 0 radical (unpaired) electrons. The first-order valence-corrected chi connectivity index (χ1v) is 6.73. The second-order valence-corrected chi connectivity index (χ2v) is 6.11. The van der Waals surface area contributed by atoms with Crippen molar-refractivity contribution in [2.24, 2.45) is 14.1 Å². The summed E-state index contributed by atoms with van der Waals surface area (Å²) in [6.45, 7) is 9.71. The van der Waals surface area contributed by atoms with Gasteiger partial charge in [-0.2, -0.15) is 9.78 Å². The topological polar surface area (TPSA) is 39.5 Å². The van der Waals surface area contributed by atoms with Crippen molar-refractivity contribution in [3.8, 4) is 0 Å². The molecule has 104 valence electrons. The molecule has 0 aromatic carbocycles. The van der Waals surface area contributed by atoms with Gasteiger partial charge in [0.15, 0.2) is 12.7 Å². The number of aryl methyl sites for hydroxylation is 1. The molecule has 2 aromatic heterocycles. The second-order valence-electron chi connectivity index (χ2n) is 6.11. The van der Waals surface area contributed by atoms with E-state index in [0.717, 1.165) is 12.4 Å². The van der Waals surface area contributed by atoms with E-state index in [-0.39, 0.29) is 5.41 Å². The molecule has 0 bridgehead atoms. The van der Waals surface area contributed by atoms with Crippen LogP contribution in [0.3, 0.4) is 0 Å². The average Bonchev–Trinajstić information content (AvgIpc) is 2.86. The van der Waals surface area contributed by atoms with Gasteiger partial charge in [-0.3, -0.25) is 4.68 Å². The number of rotatable bonds is 4. The van der Waals surface area contributed by atoms with Gasteiger partial charge in [-0.05, 0) is 19.8 Å². The SMILES string of the molecule is CC(C)c1cc[n+](CC(C)(C)c2ncnn2C)n1C. The van der Waals surface area contributed by atoms with Crippen LogP contribution in [0.1, 0.15) is 45.1 Å². The van der Waals surface area contributed by atoms with Gasteiger partial charge in [0.25, 0.3) is 0 Å². The molecular formula is C14H24N5+. The molecule has 0 spiro atoms. The van der Waals surface area contributed by atoms with Gasteiger partial charge in [0.2, 0.25) is 0 Å². The summed E-state index contributed by atoms with van der Waals surface area (Å²) in [6, 6.07) is 2.19. The van der Waals surface area contributed by atoms with Crippen molar-refractivity contribution in [2.45, 2.75) is 45.6 Å². The molecule has 0 saturated heterocycles. The number of hydrogen-bond donors (Lipinski definition) is 0. The van der Waals surface area contributed by atoms with Crippen LogP contribution >= 0.6 is 0 Å². The van der Waals surface area contributed by atoms with E-state index < -0.39 is 0 Å². The quantitative estimate of drug-likeness (QED) is 0.784. The Hall–Kier alpha value is -1.65. The first kappa shape index (κ1) is 13.8. The van der Waals surface area contributed by atoms with E-state index in [2.05, 4.69) is 66.5 Å². The van der Waals surface area contributed by atoms with Crippen LogP contribution in [0, 0.1) is 0 Å². The van der Waals surface area contributed by atoms with Gasteiger partial charge in [-0.15, -0.1) is 4.68 Å². The summed E-state index contributed by atoms with van der Waals surface area (Å²) in [5.74, 6) is 1.54. The van der Waals surface area contributed by atoms with Gasteiger partial charge >= 0.3 is 0 Å². The number of aromatic nitrogens is 5. The van der Waals surface area contributed by atoms with E-state index in [0.29, 0.717) is 5.92 Å². The Morgan fingerprint density at radius 1 is 1.32 bits per heavy atom. The highest BCUT2D eigenvalue weighted by Gasteiger charge is 2.32. The molecule has 5 nitrogen and oxygen atoms in total. The molecule has 2 aromatic rings. The summed E-state index contributed by atoms with van der Waals surface area (Å²) in [7, 11) is 4.06. The van der Waals surface area contributed by atoms with Gasteiger partial charge in [-0.1, -0.05) is 13.8 Å². The summed E-state index contributed by atoms with van der Waals surface area (Å²) in [5.41, 5.74) is 1.28. The molecule has 0 unspecified atom stereocenters. The standard InChI is InChI=1S/C14H24N5/c1-11(2)12-7-8-19(18(12)6)9-14(3,4)13-15-10-16-17(13)5/h7-8,10-11H,9H2,1-6H3/q+1. The van der Waals surface area contributed by atoms with Crippen LogP contribution in [0.25, 0.3) is 0 Å². The third-order valence-corrected chi connectivity index (χ3v) is 3.64. The van der Waals surface area contributed by atoms with Crippen molar-refractivity contribution >= 4 is 0 Å². The van der Waals surface area contributed by atoms with Gasteiger partial charge < -0.3 is 0 Å². The van der Waals surface area contributed by atoms with Crippen molar-refractivity contribution in [1.29, 1.82) is 0 Å². The zero-order chi connectivity index (χ0) is 14.2. The van der Waals surface area contributed by atoms with Crippen molar-refractivity contribution in [3.63, 3.8) is 0 Å². The average molecular weight is 262 g/mol. The normalized spacial score (nSPS) is 12.4. The van der Waals surface area contributed by atoms with Crippen molar-refractivity contribution in [2.75, 3.05) is 0 Å². The summed E-state index contributed by atoms with van der Waals surface area (Å²) in [4.78, 5) is 4.38. The molecule has 0 saturated carbocycles. The van der Waals surface area contributed by atoms with Crippen LogP contribution in [-0.4, -0.2) is 19.4 Å². The van der Waals surface area contributed by atoms with Gasteiger partial charge in [0.1, 0.15) is 12.2 Å². The Morgan fingerprint density at radius 2 is 2.00 bits per heavy atom. The van der Waals surface area contributed by atoms with Crippen molar-refractivity contribution < 1.29 is 4.68 Å². The maximum Gasteiger partial charge on any atom is 0.195 e. The molecule has 0 aliphatic heterocycles. The minimum absolute atomic E-state index is 0.0592. The van der Waals surface area contributed by atoms with Crippen LogP contribution in [0.2, 0.25) is 0 Å². The largest absolute Gasteiger partial charge is 0.252 e. The maximum atomic E-state index is 4.38. The predicted octanol–water partition coefficient (Wildman–Crippen LogP) is 1.54. The maximum absolute atomic E-state index is 4.38. The highest BCUT2D eigenvalue weighted by atomic mass is 15.4. The smallest absolute Gasteiger partial charge is 0.195 e. The lowest BCUT2D eigenvalue weighted by atomic mass is 9.92. The number of nitrogens with zero attached hydrogens (tertiary/aromatic N) is 5. The summed E-state index contributed by atoms with van der Waals surface area (Å²) in [6.07, 6.45) is 3.76. The number of hydrogen-bond acceptors (Lipinski definition) is 2. The van der Waals surface area contributed by atoms with Gasteiger partial charge in [0, 0.05) is 13.1 Å². The fourth-order valence-corrected chi connectivity index (χ4v) is 2.63. The van der Waals surface area contributed by atoms with Crippen LogP contribution in [0.5, 0.6) is 0 Å². The first-order valence-electron chi connectivity index (χ1n) is 6.73. The van der Waals surface area contributed by atoms with E-state index in [9.17, 15) is 0 Å². The Balaban J connectivity index is 2.28. The molecule has 0 aliphatic carbocycles. The van der Waals surface area contributed by atoms with Crippen LogP contribution < -0.4 is 4.68 Å². The summed E-state index contributed by atoms with van der Waals surface area (Å²) in [5, 5.41) is 4.17. The molecule has 19 heavy (non-hydrogen) atoms. The fraction of sp³-hybridized carbons (Fsp3) is 0.643. The lowest BCUT2D eigenvalue weighted by Crippen LogP contribution is -2.49. The highest BCUT2D eigenvalue weighted by molar-refractivity contribution is 5.03. The lowest BCUT2D eigenvalue weighted by Gasteiger charge is -2.19. The van der Waals surface area contributed by atoms with Crippen molar-refractivity contribution in [1.82, 2.24) is 19.4 Å². The molecule has 5 heteroatoms. The van der Waals surface area contributed by atoms with E-state index in [4.69, 9.17) is 0 Å².